The van der Waals surface area contributed by atoms with Gasteiger partial charge in [-0.25, -0.2) is 0 Å². The maximum absolute atomic E-state index is 12.6. The van der Waals surface area contributed by atoms with E-state index in [1.165, 1.54) is 18.2 Å². The first kappa shape index (κ1) is 22.3. The van der Waals surface area contributed by atoms with Gasteiger partial charge in [0, 0.05) is 23.8 Å². The summed E-state index contributed by atoms with van der Waals surface area (Å²) in [6.45, 7) is 6.34. The lowest BCUT2D eigenvalue weighted by Crippen LogP contribution is -2.37. The lowest BCUT2D eigenvalue weighted by molar-refractivity contribution is -0.384. The molecule has 162 valence electrons. The van der Waals surface area contributed by atoms with Crippen LogP contribution in [0.3, 0.4) is 0 Å². The van der Waals surface area contributed by atoms with E-state index in [-0.39, 0.29) is 10.6 Å². The van der Waals surface area contributed by atoms with Crippen molar-refractivity contribution in [2.45, 2.75) is 33.3 Å². The van der Waals surface area contributed by atoms with Crippen molar-refractivity contribution in [2.24, 2.45) is 0 Å². The van der Waals surface area contributed by atoms with Gasteiger partial charge in [-0.15, -0.1) is 0 Å². The summed E-state index contributed by atoms with van der Waals surface area (Å²) in [6.07, 6.45) is 1.42. The second kappa shape index (κ2) is 8.38. The summed E-state index contributed by atoms with van der Waals surface area (Å²) in [5.74, 6) is -0.488. The van der Waals surface area contributed by atoms with Gasteiger partial charge in [0.1, 0.15) is 23.7 Å². The summed E-state index contributed by atoms with van der Waals surface area (Å²) in [4.78, 5) is 48.1. The van der Waals surface area contributed by atoms with Gasteiger partial charge in [-0.1, -0.05) is 0 Å². The number of nitro groups is 1. The van der Waals surface area contributed by atoms with Gasteiger partial charge in [0.25, 0.3) is 16.8 Å². The molecule has 0 aliphatic carbocycles. The van der Waals surface area contributed by atoms with E-state index in [2.05, 4.69) is 0 Å². The highest BCUT2D eigenvalue weighted by Crippen LogP contribution is 2.34. The normalized spacial score (nSPS) is 15.6. The molecule has 0 bridgehead atoms. The molecular weight excluding hydrogens is 424 g/mol. The maximum Gasteiger partial charge on any atom is 0.326 e. The minimum atomic E-state index is -0.727. The Morgan fingerprint density at radius 1 is 1.26 bits per heavy atom. The molecule has 1 fully saturated rings. The molecular formula is C21H20N2O7S. The molecule has 1 aliphatic rings. The average molecular weight is 444 g/mol. The van der Waals surface area contributed by atoms with Crippen molar-refractivity contribution in [1.82, 2.24) is 4.90 Å². The molecule has 1 aliphatic heterocycles. The van der Waals surface area contributed by atoms with E-state index in [1.807, 2.05) is 0 Å². The van der Waals surface area contributed by atoms with Crippen LogP contribution in [0.2, 0.25) is 0 Å². The fraction of sp³-hybridized carbons (Fsp3) is 0.286. The number of thioether (sulfide) groups is 1. The van der Waals surface area contributed by atoms with Crippen LogP contribution in [-0.4, -0.2) is 39.1 Å². The third-order valence-electron chi connectivity index (χ3n) is 4.17. The summed E-state index contributed by atoms with van der Waals surface area (Å²) in [5, 5.41) is 10.3. The standard InChI is InChI=1S/C21H20N2O7S/c1-12-9-13(23(27)28)5-7-15(12)16-8-6-14(29-16)10-17-19(25)22(20(26)31-17)11-18(24)30-21(2,3)4/h5-10H,11H2,1-4H3. The number of esters is 1. The second-order valence-corrected chi connectivity index (χ2v) is 8.81. The van der Waals surface area contributed by atoms with Crippen molar-refractivity contribution in [3.63, 3.8) is 0 Å². The van der Waals surface area contributed by atoms with Crippen LogP contribution in [0.1, 0.15) is 32.1 Å². The first-order valence-electron chi connectivity index (χ1n) is 9.27. The van der Waals surface area contributed by atoms with Crippen molar-refractivity contribution in [2.75, 3.05) is 6.54 Å². The first-order valence-corrected chi connectivity index (χ1v) is 10.1. The number of nitro benzene ring substituents is 1. The number of benzene rings is 1. The van der Waals surface area contributed by atoms with Crippen LogP contribution in [0.25, 0.3) is 17.4 Å². The molecule has 3 rings (SSSR count). The lowest BCUT2D eigenvalue weighted by Gasteiger charge is -2.21. The van der Waals surface area contributed by atoms with Gasteiger partial charge in [0.15, 0.2) is 0 Å². The number of hydrogen-bond acceptors (Lipinski definition) is 8. The summed E-state index contributed by atoms with van der Waals surface area (Å²) < 4.78 is 10.9. The van der Waals surface area contributed by atoms with Crippen molar-refractivity contribution in [3.05, 3.63) is 56.7 Å². The number of hydrogen-bond donors (Lipinski definition) is 0. The first-order chi connectivity index (χ1) is 14.4. The minimum absolute atomic E-state index is 0.0216. The Hall–Kier alpha value is -3.40. The zero-order valence-electron chi connectivity index (χ0n) is 17.3. The van der Waals surface area contributed by atoms with E-state index in [0.29, 0.717) is 34.4 Å². The Morgan fingerprint density at radius 3 is 2.58 bits per heavy atom. The van der Waals surface area contributed by atoms with E-state index in [0.717, 1.165) is 4.90 Å². The highest BCUT2D eigenvalue weighted by atomic mass is 32.2. The van der Waals surface area contributed by atoms with Crippen LogP contribution >= 0.6 is 11.8 Å². The molecule has 2 heterocycles. The molecule has 0 N–H and O–H groups in total. The lowest BCUT2D eigenvalue weighted by atomic mass is 10.1. The van der Waals surface area contributed by atoms with Crippen molar-refractivity contribution in [3.8, 4) is 11.3 Å². The monoisotopic (exact) mass is 444 g/mol. The van der Waals surface area contributed by atoms with Gasteiger partial charge in [-0.05, 0) is 63.2 Å². The van der Waals surface area contributed by atoms with Crippen LogP contribution in [-0.2, 0) is 14.3 Å². The molecule has 0 spiro atoms. The Bertz CT molecular complexity index is 1110. The summed E-state index contributed by atoms with van der Waals surface area (Å²) >= 11 is 0.706. The summed E-state index contributed by atoms with van der Waals surface area (Å²) in [7, 11) is 0. The van der Waals surface area contributed by atoms with Gasteiger partial charge in [-0.3, -0.25) is 29.4 Å². The molecule has 1 aromatic heterocycles. The van der Waals surface area contributed by atoms with Crippen LogP contribution in [0, 0.1) is 17.0 Å². The number of aryl methyl sites for hydroxylation is 1. The number of carbonyl (C=O) groups excluding carboxylic acids is 3. The number of ether oxygens (including phenoxy) is 1. The quantitative estimate of drug-likeness (QED) is 0.285. The fourth-order valence-corrected chi connectivity index (χ4v) is 3.70. The number of rotatable bonds is 5. The molecule has 2 aromatic rings. The number of carbonyl (C=O) groups is 3. The van der Waals surface area contributed by atoms with Crippen LogP contribution in [0.15, 0.2) is 39.7 Å². The van der Waals surface area contributed by atoms with E-state index < -0.39 is 34.2 Å². The number of non-ortho nitro benzene ring substituents is 1. The van der Waals surface area contributed by atoms with Gasteiger partial charge in [-0.2, -0.15) is 0 Å². The molecule has 9 nitrogen and oxygen atoms in total. The SMILES string of the molecule is Cc1cc([N+](=O)[O-])ccc1-c1ccc(C=C2SC(=O)N(CC(=O)OC(C)(C)C)C2=O)o1. The Morgan fingerprint density at radius 2 is 1.97 bits per heavy atom. The highest BCUT2D eigenvalue weighted by molar-refractivity contribution is 8.18. The van der Waals surface area contributed by atoms with E-state index in [1.54, 1.807) is 45.9 Å². The maximum atomic E-state index is 12.6. The Labute approximate surface area is 182 Å². The third-order valence-corrected chi connectivity index (χ3v) is 5.07. The molecule has 2 amide bonds. The molecule has 1 saturated heterocycles. The average Bonchev–Trinajstić information content (AvgIpc) is 3.20. The predicted molar refractivity (Wildman–Crippen MR) is 114 cm³/mol. The summed E-state index contributed by atoms with van der Waals surface area (Å²) in [5.41, 5.74) is 0.581. The molecule has 1 aromatic carbocycles. The van der Waals surface area contributed by atoms with Gasteiger partial charge in [0.05, 0.1) is 9.83 Å². The largest absolute Gasteiger partial charge is 0.459 e. The van der Waals surface area contributed by atoms with Gasteiger partial charge >= 0.3 is 5.97 Å². The van der Waals surface area contributed by atoms with Gasteiger partial charge in [0.2, 0.25) is 0 Å². The predicted octanol–water partition coefficient (Wildman–Crippen LogP) is 4.54. The zero-order valence-corrected chi connectivity index (χ0v) is 18.1. The number of amides is 2. The molecule has 10 heteroatoms. The van der Waals surface area contributed by atoms with E-state index >= 15 is 0 Å². The number of furan rings is 1. The molecule has 0 saturated carbocycles. The summed E-state index contributed by atoms with van der Waals surface area (Å²) in [6, 6.07) is 7.71. The topological polar surface area (TPSA) is 120 Å². The Balaban J connectivity index is 1.77. The molecule has 0 atom stereocenters. The van der Waals surface area contributed by atoms with E-state index in [9.17, 15) is 24.5 Å². The molecule has 31 heavy (non-hydrogen) atoms. The van der Waals surface area contributed by atoms with E-state index in [4.69, 9.17) is 9.15 Å². The third kappa shape index (κ3) is 5.21. The molecule has 0 radical (unpaired) electrons. The highest BCUT2D eigenvalue weighted by Gasteiger charge is 2.37. The fourth-order valence-electron chi connectivity index (χ4n) is 2.88. The minimum Gasteiger partial charge on any atom is -0.459 e. The number of imide groups is 1. The molecule has 0 unspecified atom stereocenters. The van der Waals surface area contributed by atoms with Crippen molar-refractivity contribution >= 4 is 40.6 Å². The van der Waals surface area contributed by atoms with Gasteiger partial charge < -0.3 is 9.15 Å². The van der Waals surface area contributed by atoms with Crippen molar-refractivity contribution in [1.29, 1.82) is 0 Å². The van der Waals surface area contributed by atoms with Crippen molar-refractivity contribution < 1.29 is 28.5 Å². The van der Waals surface area contributed by atoms with Crippen LogP contribution in [0.4, 0.5) is 10.5 Å². The zero-order chi connectivity index (χ0) is 22.9. The number of nitrogens with zero attached hydrogens (tertiary/aromatic N) is 2. The smallest absolute Gasteiger partial charge is 0.326 e. The second-order valence-electron chi connectivity index (χ2n) is 7.81. The van der Waals surface area contributed by atoms with Crippen LogP contribution < -0.4 is 0 Å². The Kier molecular flexibility index (Phi) is 6.03. The van der Waals surface area contributed by atoms with Crippen LogP contribution in [0.5, 0.6) is 0 Å².